The van der Waals surface area contributed by atoms with Gasteiger partial charge in [0.15, 0.2) is 0 Å². The average molecular weight is 292 g/mol. The van der Waals surface area contributed by atoms with Gasteiger partial charge in [-0.05, 0) is 24.1 Å². The standard InChI is InChI=1S/C14H16N2O5/c17-9-3-1-8(2-4-9)7-11-14(21)15-10(13(20)16-11)5-6-12(18)19/h1-4,10-11,17H,5-7H2,(H,15,21)(H,16,20)(H,18,19). The van der Waals surface area contributed by atoms with Gasteiger partial charge >= 0.3 is 5.97 Å². The third-order valence-corrected chi connectivity index (χ3v) is 3.29. The fraction of sp³-hybridized carbons (Fsp3) is 0.357. The van der Waals surface area contributed by atoms with E-state index in [9.17, 15) is 19.5 Å². The van der Waals surface area contributed by atoms with Crippen LogP contribution in [0.2, 0.25) is 0 Å². The molecule has 1 aliphatic heterocycles. The summed E-state index contributed by atoms with van der Waals surface area (Å²) < 4.78 is 0. The number of benzene rings is 1. The van der Waals surface area contributed by atoms with E-state index in [-0.39, 0.29) is 30.4 Å². The van der Waals surface area contributed by atoms with E-state index in [0.717, 1.165) is 5.56 Å². The lowest BCUT2D eigenvalue weighted by Gasteiger charge is -2.29. The SMILES string of the molecule is O=C(O)CCC1NC(=O)C(Cc2ccc(O)cc2)NC1=O. The Morgan fingerprint density at radius 1 is 1.05 bits per heavy atom. The molecule has 0 bridgehead atoms. The van der Waals surface area contributed by atoms with Crippen LogP contribution >= 0.6 is 0 Å². The van der Waals surface area contributed by atoms with Crippen LogP contribution in [0.25, 0.3) is 0 Å². The minimum Gasteiger partial charge on any atom is -0.508 e. The molecule has 2 rings (SSSR count). The average Bonchev–Trinajstić information content (AvgIpc) is 2.43. The van der Waals surface area contributed by atoms with E-state index in [1.54, 1.807) is 12.1 Å². The highest BCUT2D eigenvalue weighted by molar-refractivity contribution is 5.97. The first-order valence-corrected chi connectivity index (χ1v) is 6.56. The van der Waals surface area contributed by atoms with E-state index in [4.69, 9.17) is 5.11 Å². The molecule has 2 unspecified atom stereocenters. The Hall–Kier alpha value is -2.57. The molecular formula is C14H16N2O5. The molecule has 0 aliphatic carbocycles. The van der Waals surface area contributed by atoms with Gasteiger partial charge in [0.1, 0.15) is 17.8 Å². The Morgan fingerprint density at radius 3 is 2.24 bits per heavy atom. The number of carboxylic acid groups (broad SMARTS) is 1. The lowest BCUT2D eigenvalue weighted by atomic mass is 10.0. The van der Waals surface area contributed by atoms with Gasteiger partial charge < -0.3 is 20.8 Å². The molecule has 7 nitrogen and oxygen atoms in total. The summed E-state index contributed by atoms with van der Waals surface area (Å²) in [4.78, 5) is 34.3. The van der Waals surface area contributed by atoms with Gasteiger partial charge in [-0.25, -0.2) is 0 Å². The van der Waals surface area contributed by atoms with Crippen molar-refractivity contribution in [3.63, 3.8) is 0 Å². The van der Waals surface area contributed by atoms with Crippen LogP contribution in [0, 0.1) is 0 Å². The van der Waals surface area contributed by atoms with Gasteiger partial charge in [-0.2, -0.15) is 0 Å². The summed E-state index contributed by atoms with van der Waals surface area (Å²) >= 11 is 0. The van der Waals surface area contributed by atoms with Crippen LogP contribution in [0.4, 0.5) is 0 Å². The van der Waals surface area contributed by atoms with Crippen LogP contribution in [0.15, 0.2) is 24.3 Å². The molecule has 112 valence electrons. The minimum atomic E-state index is -1.01. The summed E-state index contributed by atoms with van der Waals surface area (Å²) in [7, 11) is 0. The highest BCUT2D eigenvalue weighted by Crippen LogP contribution is 2.13. The van der Waals surface area contributed by atoms with Crippen LogP contribution in [0.5, 0.6) is 5.75 Å². The van der Waals surface area contributed by atoms with E-state index in [0.29, 0.717) is 6.42 Å². The van der Waals surface area contributed by atoms with Crippen molar-refractivity contribution >= 4 is 17.8 Å². The second-order valence-electron chi connectivity index (χ2n) is 4.93. The lowest BCUT2D eigenvalue weighted by molar-refractivity contribution is -0.139. The number of aliphatic carboxylic acids is 1. The molecule has 0 aromatic heterocycles. The number of nitrogens with one attached hydrogen (secondary N) is 2. The molecule has 1 heterocycles. The Labute approximate surface area is 121 Å². The fourth-order valence-electron chi connectivity index (χ4n) is 2.16. The number of carbonyl (C=O) groups excluding carboxylic acids is 2. The zero-order valence-corrected chi connectivity index (χ0v) is 11.2. The third kappa shape index (κ3) is 3.95. The molecule has 7 heteroatoms. The van der Waals surface area contributed by atoms with Gasteiger partial charge in [0, 0.05) is 12.8 Å². The number of aromatic hydroxyl groups is 1. The predicted octanol–water partition coefficient (Wildman–Crippen LogP) is -0.217. The molecule has 1 fully saturated rings. The summed E-state index contributed by atoms with van der Waals surface area (Å²) in [6.07, 6.45) is 0.198. The molecule has 4 N–H and O–H groups in total. The van der Waals surface area contributed by atoms with Crippen molar-refractivity contribution in [2.45, 2.75) is 31.3 Å². The molecule has 21 heavy (non-hydrogen) atoms. The Balaban J connectivity index is 1.95. The summed E-state index contributed by atoms with van der Waals surface area (Å²) in [6.45, 7) is 0. The van der Waals surface area contributed by atoms with E-state index in [1.807, 2.05) is 0 Å². The topological polar surface area (TPSA) is 116 Å². The van der Waals surface area contributed by atoms with Gasteiger partial charge in [0.25, 0.3) is 0 Å². The van der Waals surface area contributed by atoms with Crippen molar-refractivity contribution in [3.8, 4) is 5.75 Å². The van der Waals surface area contributed by atoms with E-state index < -0.39 is 18.1 Å². The maximum absolute atomic E-state index is 11.9. The minimum absolute atomic E-state index is 0.0683. The van der Waals surface area contributed by atoms with Crippen LogP contribution in [0.1, 0.15) is 18.4 Å². The van der Waals surface area contributed by atoms with Crippen molar-refractivity contribution < 1.29 is 24.6 Å². The van der Waals surface area contributed by atoms with Crippen LogP contribution in [-0.4, -0.2) is 40.1 Å². The second-order valence-corrected chi connectivity index (χ2v) is 4.93. The Morgan fingerprint density at radius 2 is 1.62 bits per heavy atom. The molecule has 1 aromatic rings. The van der Waals surface area contributed by atoms with Crippen molar-refractivity contribution in [1.29, 1.82) is 0 Å². The number of hydrogen-bond acceptors (Lipinski definition) is 4. The van der Waals surface area contributed by atoms with Crippen LogP contribution in [0.3, 0.4) is 0 Å². The Kier molecular flexibility index (Phi) is 4.42. The van der Waals surface area contributed by atoms with E-state index in [2.05, 4.69) is 10.6 Å². The van der Waals surface area contributed by atoms with Gasteiger partial charge in [-0.1, -0.05) is 12.1 Å². The number of phenolic OH excluding ortho intramolecular Hbond substituents is 1. The molecule has 1 saturated heterocycles. The molecular weight excluding hydrogens is 276 g/mol. The molecule has 1 aromatic carbocycles. The van der Waals surface area contributed by atoms with Gasteiger partial charge in [0.2, 0.25) is 11.8 Å². The molecule has 0 saturated carbocycles. The largest absolute Gasteiger partial charge is 0.508 e. The van der Waals surface area contributed by atoms with Crippen molar-refractivity contribution in [2.75, 3.05) is 0 Å². The molecule has 2 amide bonds. The number of phenols is 1. The van der Waals surface area contributed by atoms with Gasteiger partial charge in [-0.15, -0.1) is 0 Å². The first-order valence-electron chi connectivity index (χ1n) is 6.56. The Bertz CT molecular complexity index is 555. The van der Waals surface area contributed by atoms with E-state index in [1.165, 1.54) is 12.1 Å². The van der Waals surface area contributed by atoms with Gasteiger partial charge in [0.05, 0.1) is 0 Å². The van der Waals surface area contributed by atoms with Crippen molar-refractivity contribution in [2.24, 2.45) is 0 Å². The predicted molar refractivity (Wildman–Crippen MR) is 72.5 cm³/mol. The zero-order valence-electron chi connectivity index (χ0n) is 11.2. The number of carboxylic acids is 1. The fourth-order valence-corrected chi connectivity index (χ4v) is 2.16. The summed E-state index contributed by atoms with van der Waals surface area (Å²) in [6, 6.07) is 4.87. The number of piperazine rings is 1. The van der Waals surface area contributed by atoms with Gasteiger partial charge in [-0.3, -0.25) is 14.4 Å². The summed E-state index contributed by atoms with van der Waals surface area (Å²) in [5.41, 5.74) is 0.803. The highest BCUT2D eigenvalue weighted by Gasteiger charge is 2.33. The lowest BCUT2D eigenvalue weighted by Crippen LogP contribution is -2.62. The normalized spacial score (nSPS) is 21.5. The van der Waals surface area contributed by atoms with E-state index >= 15 is 0 Å². The number of hydrogen-bond donors (Lipinski definition) is 4. The summed E-state index contributed by atoms with van der Waals surface area (Å²) in [5, 5.41) is 22.9. The van der Waals surface area contributed by atoms with Crippen LogP contribution < -0.4 is 10.6 Å². The maximum Gasteiger partial charge on any atom is 0.303 e. The van der Waals surface area contributed by atoms with Crippen molar-refractivity contribution in [3.05, 3.63) is 29.8 Å². The molecule has 0 spiro atoms. The molecule has 1 aliphatic rings. The quantitative estimate of drug-likeness (QED) is 0.599. The number of amides is 2. The summed E-state index contributed by atoms with van der Waals surface area (Å²) in [5.74, 6) is -1.59. The first-order chi connectivity index (χ1) is 9.95. The van der Waals surface area contributed by atoms with Crippen LogP contribution in [-0.2, 0) is 20.8 Å². The maximum atomic E-state index is 11.9. The second kappa shape index (κ2) is 6.25. The third-order valence-electron chi connectivity index (χ3n) is 3.29. The molecule has 2 atom stereocenters. The monoisotopic (exact) mass is 292 g/mol. The number of rotatable bonds is 5. The number of carbonyl (C=O) groups is 3. The smallest absolute Gasteiger partial charge is 0.303 e. The highest BCUT2D eigenvalue weighted by atomic mass is 16.4. The molecule has 0 radical (unpaired) electrons. The first kappa shape index (κ1) is 14.8. The van der Waals surface area contributed by atoms with Crippen molar-refractivity contribution in [1.82, 2.24) is 10.6 Å². The zero-order chi connectivity index (χ0) is 15.4.